The molecule has 2 N–H and O–H groups in total. The average molecular weight is 632 g/mol. The molecule has 0 spiro atoms. The molecule has 4 rings (SSSR count). The summed E-state index contributed by atoms with van der Waals surface area (Å²) in [5.41, 5.74) is 1.92. The van der Waals surface area contributed by atoms with Crippen molar-refractivity contribution < 1.29 is 19.1 Å². The second kappa shape index (κ2) is 12.7. The van der Waals surface area contributed by atoms with Gasteiger partial charge in [-0.15, -0.1) is 0 Å². The smallest absolute Gasteiger partial charge is 0.410 e. The van der Waals surface area contributed by atoms with Crippen molar-refractivity contribution in [1.29, 1.82) is 0 Å². The fourth-order valence-corrected chi connectivity index (χ4v) is 4.91. The van der Waals surface area contributed by atoms with Gasteiger partial charge in [-0.1, -0.05) is 17.7 Å². The molecule has 40 heavy (non-hydrogen) atoms. The van der Waals surface area contributed by atoms with Crippen LogP contribution in [0.1, 0.15) is 37.6 Å². The van der Waals surface area contributed by atoms with E-state index >= 15 is 0 Å². The minimum atomic E-state index is -0.514. The minimum absolute atomic E-state index is 0.119. The Morgan fingerprint density at radius 3 is 2.48 bits per heavy atom. The minimum Gasteiger partial charge on any atom is -0.480 e. The predicted octanol–water partition coefficient (Wildman–Crippen LogP) is 6.34. The number of carbonyl (C=O) groups excluding carboxylic acids is 2. The van der Waals surface area contributed by atoms with Gasteiger partial charge >= 0.3 is 6.09 Å². The molecule has 1 saturated heterocycles. The Kier molecular flexibility index (Phi) is 9.36. The lowest BCUT2D eigenvalue weighted by Gasteiger charge is -2.27. The number of amides is 2. The zero-order valence-electron chi connectivity index (χ0n) is 22.8. The number of methoxy groups -OCH3 is 1. The summed E-state index contributed by atoms with van der Waals surface area (Å²) in [4.78, 5) is 38.0. The summed E-state index contributed by atoms with van der Waals surface area (Å²) in [6.45, 7) is 8.42. The number of nitrogens with one attached hydrogen (secondary N) is 2. The maximum Gasteiger partial charge on any atom is 0.410 e. The summed E-state index contributed by atoms with van der Waals surface area (Å²) in [5, 5.41) is 6.31. The van der Waals surface area contributed by atoms with Crippen LogP contribution in [-0.2, 0) is 4.74 Å². The van der Waals surface area contributed by atoms with E-state index in [1.54, 1.807) is 23.1 Å². The van der Waals surface area contributed by atoms with Crippen molar-refractivity contribution in [2.24, 2.45) is 0 Å². The lowest BCUT2D eigenvalue weighted by atomic mass is 10.2. The molecular weight excluding hydrogens is 600 g/mol. The van der Waals surface area contributed by atoms with Gasteiger partial charge in [0, 0.05) is 48.2 Å². The normalized spacial score (nSPS) is 13.8. The Labute approximate surface area is 247 Å². The molecule has 2 amide bonds. The Hall–Kier alpha value is -3.57. The lowest BCUT2D eigenvalue weighted by Crippen LogP contribution is -2.39. The van der Waals surface area contributed by atoms with Crippen molar-refractivity contribution in [2.75, 3.05) is 48.8 Å². The predicted molar refractivity (Wildman–Crippen MR) is 160 cm³/mol. The molecule has 2 aromatic carbocycles. The number of hydrogen-bond acceptors (Lipinski definition) is 8. The summed E-state index contributed by atoms with van der Waals surface area (Å²) < 4.78 is 11.5. The highest BCUT2D eigenvalue weighted by atomic mass is 79.9. The average Bonchev–Trinajstić information content (AvgIpc) is 3.17. The second-order valence-corrected chi connectivity index (χ2v) is 11.4. The molecule has 0 unspecified atom stereocenters. The van der Waals surface area contributed by atoms with Crippen molar-refractivity contribution >= 4 is 62.5 Å². The van der Waals surface area contributed by atoms with Crippen molar-refractivity contribution in [3.05, 3.63) is 63.7 Å². The fourth-order valence-electron chi connectivity index (χ4n) is 4.11. The second-order valence-electron chi connectivity index (χ2n) is 10.1. The van der Waals surface area contributed by atoms with E-state index in [0.717, 1.165) is 24.3 Å². The van der Waals surface area contributed by atoms with Gasteiger partial charge in [0.15, 0.2) is 0 Å². The van der Waals surface area contributed by atoms with Crippen LogP contribution in [0.25, 0.3) is 0 Å². The van der Waals surface area contributed by atoms with Gasteiger partial charge in [0.1, 0.15) is 11.2 Å². The summed E-state index contributed by atoms with van der Waals surface area (Å²) in [6.07, 6.45) is 1.97. The third kappa shape index (κ3) is 7.54. The van der Waals surface area contributed by atoms with Crippen LogP contribution < -0.4 is 20.3 Å². The molecule has 0 aliphatic carbocycles. The third-order valence-electron chi connectivity index (χ3n) is 6.03. The third-order valence-corrected chi connectivity index (χ3v) is 7.01. The first kappa shape index (κ1) is 29.4. The summed E-state index contributed by atoms with van der Waals surface area (Å²) in [5.74, 6) is -0.0546. The summed E-state index contributed by atoms with van der Waals surface area (Å²) in [7, 11) is 1.44. The molecule has 1 aliphatic rings. The molecule has 1 fully saturated rings. The van der Waals surface area contributed by atoms with E-state index < -0.39 is 11.5 Å². The maximum absolute atomic E-state index is 12.9. The lowest BCUT2D eigenvalue weighted by molar-refractivity contribution is 0.0263. The summed E-state index contributed by atoms with van der Waals surface area (Å²) in [6, 6.07) is 13.1. The van der Waals surface area contributed by atoms with Crippen LogP contribution in [0.3, 0.4) is 0 Å². The Morgan fingerprint density at radius 2 is 1.80 bits per heavy atom. The van der Waals surface area contributed by atoms with Crippen molar-refractivity contribution in [1.82, 2.24) is 14.9 Å². The van der Waals surface area contributed by atoms with Gasteiger partial charge in [-0.3, -0.25) is 4.79 Å². The van der Waals surface area contributed by atoms with Crippen LogP contribution >= 0.6 is 27.5 Å². The van der Waals surface area contributed by atoms with E-state index in [0.29, 0.717) is 34.8 Å². The van der Waals surface area contributed by atoms with E-state index in [1.807, 2.05) is 45.0 Å². The molecule has 2 heterocycles. The highest BCUT2D eigenvalue weighted by Crippen LogP contribution is 2.31. The largest absolute Gasteiger partial charge is 0.480 e. The van der Waals surface area contributed by atoms with E-state index in [2.05, 4.69) is 41.4 Å². The standard InChI is InChI=1S/C28H32BrClN6O4/c1-28(2,3)40-27(38)36-14-6-13-35(15-16-36)19-11-9-18(10-12-19)32-26-31-17-20(25(34-26)39-4)24(37)33-23-21(29)7-5-8-22(23)30/h5,7-12,17H,6,13-16H2,1-4H3,(H,33,37)(H,31,32,34). The number of ether oxygens (including phenoxy) is 2. The van der Waals surface area contributed by atoms with Crippen LogP contribution in [0.15, 0.2) is 53.1 Å². The van der Waals surface area contributed by atoms with Gasteiger partial charge in [-0.25, -0.2) is 9.78 Å². The number of nitrogens with zero attached hydrogens (tertiary/aromatic N) is 4. The zero-order valence-corrected chi connectivity index (χ0v) is 25.2. The number of halogens is 2. The van der Waals surface area contributed by atoms with Crippen LogP contribution in [0.5, 0.6) is 5.88 Å². The van der Waals surface area contributed by atoms with E-state index in [9.17, 15) is 9.59 Å². The van der Waals surface area contributed by atoms with E-state index in [1.165, 1.54) is 13.3 Å². The molecule has 1 aromatic heterocycles. The van der Waals surface area contributed by atoms with Crippen LogP contribution in [0.2, 0.25) is 5.02 Å². The van der Waals surface area contributed by atoms with Gasteiger partial charge in [0.25, 0.3) is 5.91 Å². The van der Waals surface area contributed by atoms with Crippen molar-refractivity contribution in [3.8, 4) is 5.88 Å². The summed E-state index contributed by atoms with van der Waals surface area (Å²) >= 11 is 9.61. The first-order chi connectivity index (χ1) is 19.0. The quantitative estimate of drug-likeness (QED) is 0.324. The highest BCUT2D eigenvalue weighted by molar-refractivity contribution is 9.10. The number of carbonyl (C=O) groups is 2. The van der Waals surface area contributed by atoms with Crippen LogP contribution in [-0.4, -0.2) is 65.8 Å². The van der Waals surface area contributed by atoms with Crippen molar-refractivity contribution in [3.63, 3.8) is 0 Å². The Bertz CT molecular complexity index is 1350. The molecule has 0 radical (unpaired) electrons. The highest BCUT2D eigenvalue weighted by Gasteiger charge is 2.24. The molecule has 0 atom stereocenters. The number of rotatable bonds is 6. The van der Waals surface area contributed by atoms with Crippen LogP contribution in [0.4, 0.5) is 27.8 Å². The van der Waals surface area contributed by atoms with Gasteiger partial charge in [0.2, 0.25) is 11.8 Å². The number of aromatic nitrogens is 2. The Morgan fingerprint density at radius 1 is 1.05 bits per heavy atom. The number of benzene rings is 2. The monoisotopic (exact) mass is 630 g/mol. The SMILES string of the molecule is COc1nc(Nc2ccc(N3CCCN(C(=O)OC(C)(C)C)CC3)cc2)ncc1C(=O)Nc1c(Cl)cccc1Br. The van der Waals surface area contributed by atoms with Crippen molar-refractivity contribution in [2.45, 2.75) is 32.8 Å². The first-order valence-corrected chi connectivity index (χ1v) is 14.0. The Balaban J connectivity index is 1.39. The molecule has 3 aromatic rings. The zero-order chi connectivity index (χ0) is 28.9. The maximum atomic E-state index is 12.9. The van der Waals surface area contributed by atoms with Gasteiger partial charge < -0.3 is 29.9 Å². The van der Waals surface area contributed by atoms with Gasteiger partial charge in [-0.05, 0) is 79.5 Å². The molecule has 12 heteroatoms. The molecule has 10 nitrogen and oxygen atoms in total. The molecule has 0 saturated carbocycles. The topological polar surface area (TPSA) is 109 Å². The molecule has 212 valence electrons. The van der Waals surface area contributed by atoms with Gasteiger partial charge in [0.05, 0.1) is 17.8 Å². The first-order valence-electron chi connectivity index (χ1n) is 12.8. The molecule has 1 aliphatic heterocycles. The number of hydrogen-bond donors (Lipinski definition) is 2. The van der Waals surface area contributed by atoms with Crippen LogP contribution in [0, 0.1) is 0 Å². The molecular formula is C28H32BrClN6O4. The molecule has 0 bridgehead atoms. The number of para-hydroxylation sites is 1. The van der Waals surface area contributed by atoms with E-state index in [-0.39, 0.29) is 23.5 Å². The fraction of sp³-hybridized carbons (Fsp3) is 0.357. The number of anilines is 4. The van der Waals surface area contributed by atoms with E-state index in [4.69, 9.17) is 21.1 Å². The van der Waals surface area contributed by atoms with Gasteiger partial charge in [-0.2, -0.15) is 4.98 Å².